The molecule has 1 atom stereocenters. The molecule has 0 saturated carbocycles. The van der Waals surface area contributed by atoms with Gasteiger partial charge in [0.1, 0.15) is 17.0 Å². The maximum Gasteiger partial charge on any atom is 0.211 e. The number of fused-ring (bicyclic) bond motifs is 2. The molecule has 0 radical (unpaired) electrons. The molecule has 0 bridgehead atoms. The lowest BCUT2D eigenvalue weighted by Gasteiger charge is -2.41. The van der Waals surface area contributed by atoms with Crippen molar-refractivity contribution in [2.45, 2.75) is 31.4 Å². The van der Waals surface area contributed by atoms with E-state index in [0.29, 0.717) is 10.0 Å². The number of aryl methyl sites for hydroxylation is 1. The zero-order valence-corrected chi connectivity index (χ0v) is 19.6. The van der Waals surface area contributed by atoms with E-state index >= 15 is 0 Å². The number of halogens is 2. The van der Waals surface area contributed by atoms with Gasteiger partial charge in [0.05, 0.1) is 21.8 Å². The number of imidazole rings is 1. The average molecular weight is 480 g/mol. The van der Waals surface area contributed by atoms with Crippen LogP contribution < -0.4 is 15.4 Å². The minimum Gasteiger partial charge on any atom is -0.485 e. The van der Waals surface area contributed by atoms with Crippen molar-refractivity contribution in [3.63, 3.8) is 0 Å². The molecule has 8 heteroatoms. The standard InChI is InChI=1S/C25H23Cl2N5O/c1-15-20(17-6-4-7-18(26)21(17)27)23-29-11-14-32(23)24(30-15)31-12-9-25(10-13-31)22(28)16-5-2-3-8-19(16)33-25/h2-8,11,14,22H,9-10,12-13,28H2,1H3/t22-/m1/s1. The van der Waals surface area contributed by atoms with Gasteiger partial charge in [0.25, 0.3) is 0 Å². The van der Waals surface area contributed by atoms with Crippen LogP contribution in [0.3, 0.4) is 0 Å². The minimum atomic E-state index is -0.364. The minimum absolute atomic E-state index is 0.119. The first-order valence-corrected chi connectivity index (χ1v) is 11.8. The highest BCUT2D eigenvalue weighted by atomic mass is 35.5. The number of aromatic nitrogens is 3. The van der Waals surface area contributed by atoms with Crippen molar-refractivity contribution in [1.29, 1.82) is 0 Å². The molecule has 2 aliphatic heterocycles. The molecule has 4 heterocycles. The number of benzene rings is 2. The van der Waals surface area contributed by atoms with E-state index < -0.39 is 0 Å². The second-order valence-corrected chi connectivity index (χ2v) is 9.55. The molecule has 2 aromatic carbocycles. The van der Waals surface area contributed by atoms with Crippen molar-refractivity contribution < 1.29 is 4.74 Å². The van der Waals surface area contributed by atoms with Crippen LogP contribution in [0.4, 0.5) is 5.95 Å². The molecule has 4 aromatic rings. The quantitative estimate of drug-likeness (QED) is 0.414. The highest BCUT2D eigenvalue weighted by Gasteiger charge is 2.48. The van der Waals surface area contributed by atoms with Gasteiger partial charge < -0.3 is 15.4 Å². The fourth-order valence-corrected chi connectivity index (χ4v) is 5.60. The van der Waals surface area contributed by atoms with E-state index in [1.54, 1.807) is 12.3 Å². The Kier molecular flexibility index (Phi) is 4.80. The Hall–Kier alpha value is -2.80. The van der Waals surface area contributed by atoms with Crippen LogP contribution in [-0.4, -0.2) is 33.1 Å². The second-order valence-electron chi connectivity index (χ2n) is 8.76. The lowest BCUT2D eigenvalue weighted by Crippen LogP contribution is -2.52. The molecule has 2 N–H and O–H groups in total. The second kappa shape index (κ2) is 7.62. The van der Waals surface area contributed by atoms with Crippen LogP contribution in [0.1, 0.15) is 30.1 Å². The van der Waals surface area contributed by atoms with E-state index in [4.69, 9.17) is 38.7 Å². The molecule has 6 rings (SSSR count). The summed E-state index contributed by atoms with van der Waals surface area (Å²) < 4.78 is 8.44. The predicted octanol–water partition coefficient (Wildman–Crippen LogP) is 5.44. The largest absolute Gasteiger partial charge is 0.485 e. The van der Waals surface area contributed by atoms with Crippen molar-refractivity contribution in [1.82, 2.24) is 14.4 Å². The Labute approximate surface area is 201 Å². The fraction of sp³-hybridized carbons (Fsp3) is 0.280. The lowest BCUT2D eigenvalue weighted by atomic mass is 9.83. The first-order valence-electron chi connectivity index (χ1n) is 11.0. The van der Waals surface area contributed by atoms with Crippen molar-refractivity contribution >= 4 is 34.8 Å². The molecule has 33 heavy (non-hydrogen) atoms. The molecule has 2 aromatic heterocycles. The van der Waals surface area contributed by atoms with Gasteiger partial charge in [-0.3, -0.25) is 4.40 Å². The van der Waals surface area contributed by atoms with Gasteiger partial charge in [-0.2, -0.15) is 0 Å². The van der Waals surface area contributed by atoms with E-state index in [0.717, 1.165) is 65.7 Å². The third-order valence-electron chi connectivity index (χ3n) is 6.96. The number of hydrogen-bond donors (Lipinski definition) is 1. The van der Waals surface area contributed by atoms with E-state index in [2.05, 4.69) is 16.0 Å². The van der Waals surface area contributed by atoms with E-state index in [-0.39, 0.29) is 11.6 Å². The summed E-state index contributed by atoms with van der Waals surface area (Å²) in [6.07, 6.45) is 5.38. The Morgan fingerprint density at radius 1 is 1.09 bits per heavy atom. The van der Waals surface area contributed by atoms with Crippen LogP contribution in [0, 0.1) is 6.92 Å². The van der Waals surface area contributed by atoms with Gasteiger partial charge in [-0.15, -0.1) is 0 Å². The number of anilines is 1. The lowest BCUT2D eigenvalue weighted by molar-refractivity contribution is 0.0429. The molecule has 1 fully saturated rings. The molecular formula is C25H23Cl2N5O. The summed E-state index contributed by atoms with van der Waals surface area (Å²) in [6, 6.07) is 13.6. The maximum atomic E-state index is 6.65. The Balaban J connectivity index is 1.34. The van der Waals surface area contributed by atoms with Crippen molar-refractivity contribution in [2.24, 2.45) is 5.73 Å². The highest BCUT2D eigenvalue weighted by molar-refractivity contribution is 6.43. The van der Waals surface area contributed by atoms with Gasteiger partial charge in [0.2, 0.25) is 5.95 Å². The van der Waals surface area contributed by atoms with Crippen LogP contribution >= 0.6 is 23.2 Å². The van der Waals surface area contributed by atoms with Gasteiger partial charge in [0, 0.05) is 55.0 Å². The van der Waals surface area contributed by atoms with Crippen molar-refractivity contribution in [2.75, 3.05) is 18.0 Å². The molecule has 0 aliphatic carbocycles. The van der Waals surface area contributed by atoms with E-state index in [9.17, 15) is 0 Å². The smallest absolute Gasteiger partial charge is 0.211 e. The average Bonchev–Trinajstić information content (AvgIpc) is 3.40. The number of hydrogen-bond acceptors (Lipinski definition) is 5. The molecule has 168 valence electrons. The summed E-state index contributed by atoms with van der Waals surface area (Å²) in [5, 5.41) is 1.02. The van der Waals surface area contributed by atoms with Crippen LogP contribution in [0.15, 0.2) is 54.9 Å². The zero-order chi connectivity index (χ0) is 22.7. The molecule has 0 amide bonds. The number of rotatable bonds is 2. The predicted molar refractivity (Wildman–Crippen MR) is 131 cm³/mol. The number of ether oxygens (including phenoxy) is 1. The van der Waals surface area contributed by atoms with Crippen LogP contribution in [0.25, 0.3) is 16.8 Å². The molecule has 1 spiro atoms. The monoisotopic (exact) mass is 479 g/mol. The summed E-state index contributed by atoms with van der Waals surface area (Å²) in [6.45, 7) is 3.57. The number of para-hydroxylation sites is 1. The van der Waals surface area contributed by atoms with E-state index in [1.807, 2.05) is 47.9 Å². The maximum absolute atomic E-state index is 6.65. The molecule has 1 saturated heterocycles. The molecular weight excluding hydrogens is 457 g/mol. The molecule has 6 nitrogen and oxygen atoms in total. The van der Waals surface area contributed by atoms with Gasteiger partial charge in [-0.25, -0.2) is 9.97 Å². The third-order valence-corrected chi connectivity index (χ3v) is 7.78. The van der Waals surface area contributed by atoms with Crippen LogP contribution in [0.2, 0.25) is 10.0 Å². The van der Waals surface area contributed by atoms with Gasteiger partial charge in [-0.05, 0) is 19.1 Å². The summed E-state index contributed by atoms with van der Waals surface area (Å²) in [5.74, 6) is 1.77. The van der Waals surface area contributed by atoms with Crippen LogP contribution in [-0.2, 0) is 0 Å². The third kappa shape index (κ3) is 3.12. The van der Waals surface area contributed by atoms with Gasteiger partial charge in [-0.1, -0.05) is 53.5 Å². The Morgan fingerprint density at radius 3 is 2.67 bits per heavy atom. The van der Waals surface area contributed by atoms with Crippen molar-refractivity contribution in [3.05, 3.63) is 76.2 Å². The fourth-order valence-electron chi connectivity index (χ4n) is 5.20. The Morgan fingerprint density at radius 2 is 1.88 bits per heavy atom. The number of piperidine rings is 1. The summed E-state index contributed by atoms with van der Waals surface area (Å²) in [4.78, 5) is 11.9. The number of nitrogens with two attached hydrogens (primary N) is 1. The topological polar surface area (TPSA) is 68.7 Å². The van der Waals surface area contributed by atoms with Gasteiger partial charge >= 0.3 is 0 Å². The normalized spacial score (nSPS) is 19.2. The SMILES string of the molecule is Cc1nc(N2CCC3(CC2)Oc2ccccc2[C@H]3N)n2ccnc2c1-c1cccc(Cl)c1Cl. The molecule has 0 unspecified atom stereocenters. The Bertz CT molecular complexity index is 1380. The zero-order valence-electron chi connectivity index (χ0n) is 18.1. The first-order chi connectivity index (χ1) is 16.0. The molecule has 2 aliphatic rings. The van der Waals surface area contributed by atoms with E-state index in [1.165, 1.54) is 0 Å². The van der Waals surface area contributed by atoms with Crippen LogP contribution in [0.5, 0.6) is 5.75 Å². The number of nitrogens with zero attached hydrogens (tertiary/aromatic N) is 4. The summed E-state index contributed by atoms with van der Waals surface area (Å²) in [5.41, 5.74) is 10.8. The summed E-state index contributed by atoms with van der Waals surface area (Å²) >= 11 is 12.8. The highest BCUT2D eigenvalue weighted by Crippen LogP contribution is 2.47. The van der Waals surface area contributed by atoms with Crippen molar-refractivity contribution in [3.8, 4) is 16.9 Å². The van der Waals surface area contributed by atoms with Gasteiger partial charge in [0.15, 0.2) is 0 Å². The first kappa shape index (κ1) is 20.8. The summed E-state index contributed by atoms with van der Waals surface area (Å²) in [7, 11) is 0.